The molecule has 0 spiro atoms. The zero-order valence-corrected chi connectivity index (χ0v) is 8.80. The van der Waals surface area contributed by atoms with Crippen molar-refractivity contribution in [1.82, 2.24) is 4.90 Å². The highest BCUT2D eigenvalue weighted by Crippen LogP contribution is 2.48. The fourth-order valence-corrected chi connectivity index (χ4v) is 3.06. The Morgan fingerprint density at radius 1 is 1.46 bits per heavy atom. The molecule has 2 nitrogen and oxygen atoms in total. The third-order valence-electron chi connectivity index (χ3n) is 3.84. The molecule has 3 heteroatoms. The molecule has 2 bridgehead atoms. The second kappa shape index (κ2) is 2.88. The van der Waals surface area contributed by atoms with Crippen LogP contribution in [-0.4, -0.2) is 42.5 Å². The third kappa shape index (κ3) is 1.41. The summed E-state index contributed by atoms with van der Waals surface area (Å²) in [4.78, 5) is 2.64. The predicted molar refractivity (Wildman–Crippen MR) is 55.2 cm³/mol. The molecule has 0 aromatic rings. The first-order valence-electron chi connectivity index (χ1n) is 5.28. The van der Waals surface area contributed by atoms with Gasteiger partial charge >= 0.3 is 0 Å². The van der Waals surface area contributed by atoms with Crippen molar-refractivity contribution in [3.8, 4) is 0 Å². The van der Waals surface area contributed by atoms with E-state index in [9.17, 15) is 0 Å². The summed E-state index contributed by atoms with van der Waals surface area (Å²) in [5.41, 5.74) is 0.591. The van der Waals surface area contributed by atoms with E-state index in [0.29, 0.717) is 11.5 Å². The minimum atomic E-state index is 0.556. The van der Waals surface area contributed by atoms with Crippen molar-refractivity contribution in [3.05, 3.63) is 0 Å². The Bertz CT molecular complexity index is 217. The van der Waals surface area contributed by atoms with Gasteiger partial charge in [-0.2, -0.15) is 12.6 Å². The average molecular weight is 199 g/mol. The Morgan fingerprint density at radius 3 is 2.77 bits per heavy atom. The fourth-order valence-electron chi connectivity index (χ4n) is 2.65. The molecule has 1 aliphatic carbocycles. The lowest BCUT2D eigenvalue weighted by atomic mass is 10.1. The third-order valence-corrected chi connectivity index (χ3v) is 4.52. The van der Waals surface area contributed by atoms with Gasteiger partial charge < -0.3 is 4.74 Å². The smallest absolute Gasteiger partial charge is 0.0718 e. The molecule has 3 rings (SSSR count). The lowest BCUT2D eigenvalue weighted by Crippen LogP contribution is -2.41. The monoisotopic (exact) mass is 199 g/mol. The number of rotatable bonds is 3. The van der Waals surface area contributed by atoms with Crippen LogP contribution in [0.1, 0.15) is 19.3 Å². The molecule has 2 saturated heterocycles. The molecule has 2 unspecified atom stereocenters. The maximum atomic E-state index is 5.59. The Morgan fingerprint density at radius 2 is 2.31 bits per heavy atom. The first-order valence-corrected chi connectivity index (χ1v) is 5.91. The van der Waals surface area contributed by atoms with Crippen LogP contribution in [0.25, 0.3) is 0 Å². The highest BCUT2D eigenvalue weighted by Gasteiger charge is 2.47. The summed E-state index contributed by atoms with van der Waals surface area (Å²) in [5.74, 6) is 1.07. The van der Waals surface area contributed by atoms with E-state index in [1.165, 1.54) is 32.4 Å². The normalized spacial score (nSPS) is 41.3. The van der Waals surface area contributed by atoms with Crippen LogP contribution in [0.4, 0.5) is 0 Å². The second-order valence-corrected chi connectivity index (χ2v) is 5.25. The molecule has 3 aliphatic rings. The number of fused-ring (bicyclic) bond motifs is 2. The summed E-state index contributed by atoms with van der Waals surface area (Å²) in [6.45, 7) is 3.44. The van der Waals surface area contributed by atoms with Crippen LogP contribution in [0.5, 0.6) is 0 Å². The van der Waals surface area contributed by atoms with Crippen LogP contribution in [0.3, 0.4) is 0 Å². The molecule has 74 valence electrons. The number of hydrogen-bond acceptors (Lipinski definition) is 3. The van der Waals surface area contributed by atoms with Gasteiger partial charge in [0.2, 0.25) is 0 Å². The number of morpholine rings is 1. The van der Waals surface area contributed by atoms with Crippen molar-refractivity contribution in [3.63, 3.8) is 0 Å². The van der Waals surface area contributed by atoms with E-state index in [4.69, 9.17) is 4.74 Å². The van der Waals surface area contributed by atoms with Crippen molar-refractivity contribution in [2.75, 3.05) is 25.4 Å². The van der Waals surface area contributed by atoms with Crippen LogP contribution in [0.15, 0.2) is 0 Å². The Balaban J connectivity index is 1.62. The van der Waals surface area contributed by atoms with E-state index >= 15 is 0 Å². The van der Waals surface area contributed by atoms with Gasteiger partial charge in [0.1, 0.15) is 0 Å². The van der Waals surface area contributed by atoms with Gasteiger partial charge in [-0.15, -0.1) is 0 Å². The van der Waals surface area contributed by atoms with E-state index in [1.807, 2.05) is 0 Å². The molecule has 0 aromatic carbocycles. The molecule has 2 aliphatic heterocycles. The van der Waals surface area contributed by atoms with Crippen molar-refractivity contribution >= 4 is 12.6 Å². The van der Waals surface area contributed by atoms with Gasteiger partial charge in [0.25, 0.3) is 0 Å². The highest BCUT2D eigenvalue weighted by molar-refractivity contribution is 7.80. The molecule has 2 heterocycles. The van der Waals surface area contributed by atoms with Crippen molar-refractivity contribution < 1.29 is 4.74 Å². The van der Waals surface area contributed by atoms with Gasteiger partial charge in [0, 0.05) is 19.1 Å². The molecule has 13 heavy (non-hydrogen) atoms. The molecule has 0 amide bonds. The average Bonchev–Trinajstić information content (AvgIpc) is 2.62. The summed E-state index contributed by atoms with van der Waals surface area (Å²) >= 11 is 4.45. The van der Waals surface area contributed by atoms with Crippen LogP contribution in [0.2, 0.25) is 0 Å². The van der Waals surface area contributed by atoms with Crippen molar-refractivity contribution in [2.24, 2.45) is 5.41 Å². The number of thiol groups is 1. The van der Waals surface area contributed by atoms with Crippen LogP contribution in [0, 0.1) is 5.41 Å². The Labute approximate surface area is 85.0 Å². The SMILES string of the molecule is SCC1(CN2CC3CC2CO3)CC1. The van der Waals surface area contributed by atoms with Crippen LogP contribution < -0.4 is 0 Å². The summed E-state index contributed by atoms with van der Waals surface area (Å²) in [7, 11) is 0. The molecule has 1 saturated carbocycles. The van der Waals surface area contributed by atoms with Crippen molar-refractivity contribution in [1.29, 1.82) is 0 Å². The van der Waals surface area contributed by atoms with Gasteiger partial charge in [0.05, 0.1) is 12.7 Å². The van der Waals surface area contributed by atoms with Gasteiger partial charge in [0.15, 0.2) is 0 Å². The topological polar surface area (TPSA) is 12.5 Å². The largest absolute Gasteiger partial charge is 0.375 e. The molecule has 3 fully saturated rings. The summed E-state index contributed by atoms with van der Waals surface area (Å²) in [6.07, 6.45) is 4.62. The summed E-state index contributed by atoms with van der Waals surface area (Å²) in [6, 6.07) is 0.738. The number of hydrogen-bond donors (Lipinski definition) is 1. The minimum Gasteiger partial charge on any atom is -0.375 e. The van der Waals surface area contributed by atoms with Crippen LogP contribution >= 0.6 is 12.6 Å². The molecule has 0 radical (unpaired) electrons. The van der Waals surface area contributed by atoms with Gasteiger partial charge in [-0.3, -0.25) is 4.90 Å². The van der Waals surface area contributed by atoms with E-state index in [2.05, 4.69) is 17.5 Å². The lowest BCUT2D eigenvalue weighted by molar-refractivity contribution is 0.0238. The first-order chi connectivity index (χ1) is 6.31. The predicted octanol–water partition coefficient (Wildman–Crippen LogP) is 1.17. The number of ether oxygens (including phenoxy) is 1. The maximum Gasteiger partial charge on any atom is 0.0718 e. The zero-order valence-electron chi connectivity index (χ0n) is 7.91. The molecule has 2 atom stereocenters. The quantitative estimate of drug-likeness (QED) is 0.685. The van der Waals surface area contributed by atoms with Crippen LogP contribution in [-0.2, 0) is 4.74 Å². The van der Waals surface area contributed by atoms with Gasteiger partial charge in [-0.05, 0) is 30.4 Å². The lowest BCUT2D eigenvalue weighted by Gasteiger charge is -2.30. The summed E-state index contributed by atoms with van der Waals surface area (Å²) < 4.78 is 5.59. The van der Waals surface area contributed by atoms with Gasteiger partial charge in [-0.1, -0.05) is 0 Å². The number of likely N-dealkylation sites (tertiary alicyclic amines) is 1. The second-order valence-electron chi connectivity index (χ2n) is 4.93. The molecular weight excluding hydrogens is 182 g/mol. The van der Waals surface area contributed by atoms with Crippen molar-refractivity contribution in [2.45, 2.75) is 31.4 Å². The molecular formula is C10H17NOS. The number of nitrogens with zero attached hydrogens (tertiary/aromatic N) is 1. The van der Waals surface area contributed by atoms with E-state index in [0.717, 1.165) is 18.4 Å². The standard InChI is InChI=1S/C10H17NOS/c13-7-10(1-2-10)6-11-4-9-3-8(11)5-12-9/h8-9,13H,1-7H2. The Hall–Kier alpha value is 0.270. The minimum absolute atomic E-state index is 0.556. The summed E-state index contributed by atoms with van der Waals surface area (Å²) in [5, 5.41) is 0. The first kappa shape index (κ1) is 8.57. The maximum absolute atomic E-state index is 5.59. The zero-order chi connectivity index (χ0) is 8.89. The Kier molecular flexibility index (Phi) is 1.90. The molecule has 0 N–H and O–H groups in total. The van der Waals surface area contributed by atoms with E-state index in [-0.39, 0.29) is 0 Å². The highest BCUT2D eigenvalue weighted by atomic mass is 32.1. The van der Waals surface area contributed by atoms with E-state index < -0.39 is 0 Å². The van der Waals surface area contributed by atoms with E-state index in [1.54, 1.807) is 0 Å². The molecule has 0 aromatic heterocycles. The fraction of sp³-hybridized carbons (Fsp3) is 1.00. The van der Waals surface area contributed by atoms with Gasteiger partial charge in [-0.25, -0.2) is 0 Å².